The average Bonchev–Trinajstić information content (AvgIpc) is 2.79. The molecule has 0 spiro atoms. The van der Waals surface area contributed by atoms with Crippen LogP contribution in [0.1, 0.15) is 40.2 Å². The molecule has 1 heterocycles. The lowest BCUT2D eigenvalue weighted by molar-refractivity contribution is -0.145. The Morgan fingerprint density at radius 3 is 2.13 bits per heavy atom. The zero-order valence-corrected chi connectivity index (χ0v) is 17.6. The molecule has 31 heavy (non-hydrogen) atoms. The number of ether oxygens (including phenoxy) is 1. The maximum absolute atomic E-state index is 12.8. The van der Waals surface area contributed by atoms with E-state index >= 15 is 0 Å². The molecule has 4 rings (SSSR count). The molecule has 156 valence electrons. The fourth-order valence-electron chi connectivity index (χ4n) is 3.83. The fraction of sp³-hybridized carbons (Fsp3) is 0.185. The molecule has 1 aromatic heterocycles. The second-order valence-corrected chi connectivity index (χ2v) is 7.71. The topological polar surface area (TPSA) is 56.5 Å². The van der Waals surface area contributed by atoms with Gasteiger partial charge in [-0.2, -0.15) is 0 Å². The van der Waals surface area contributed by atoms with Crippen molar-refractivity contribution in [1.29, 1.82) is 0 Å². The number of aryl methyl sites for hydroxylation is 2. The van der Waals surface area contributed by atoms with Crippen LogP contribution in [0.4, 0.5) is 0 Å². The van der Waals surface area contributed by atoms with Gasteiger partial charge >= 0.3 is 11.6 Å². The summed E-state index contributed by atoms with van der Waals surface area (Å²) in [4.78, 5) is 24.8. The van der Waals surface area contributed by atoms with E-state index in [9.17, 15) is 9.59 Å². The fourth-order valence-corrected chi connectivity index (χ4v) is 3.83. The van der Waals surface area contributed by atoms with Crippen LogP contribution in [0.5, 0.6) is 0 Å². The van der Waals surface area contributed by atoms with Crippen molar-refractivity contribution < 1.29 is 13.9 Å². The third-order valence-electron chi connectivity index (χ3n) is 5.68. The number of hydrogen-bond acceptors (Lipinski definition) is 4. The molecule has 0 atom stereocenters. The molecule has 3 aromatic carbocycles. The van der Waals surface area contributed by atoms with Crippen molar-refractivity contribution >= 4 is 16.9 Å². The highest BCUT2D eigenvalue weighted by Crippen LogP contribution is 2.29. The molecule has 0 saturated heterocycles. The van der Waals surface area contributed by atoms with Crippen molar-refractivity contribution in [1.82, 2.24) is 0 Å². The summed E-state index contributed by atoms with van der Waals surface area (Å²) in [6.07, 6.45) is 0.214. The van der Waals surface area contributed by atoms with E-state index in [4.69, 9.17) is 9.15 Å². The summed E-state index contributed by atoms with van der Waals surface area (Å²) >= 11 is 0. The molecule has 0 unspecified atom stereocenters. The first-order valence-electron chi connectivity index (χ1n) is 10.3. The Balaban J connectivity index is 1.56. The average molecular weight is 412 g/mol. The molecule has 0 fully saturated rings. The molecule has 0 radical (unpaired) electrons. The molecule has 0 bridgehead atoms. The molecule has 0 aliphatic heterocycles. The van der Waals surface area contributed by atoms with Gasteiger partial charge < -0.3 is 9.15 Å². The Hall–Kier alpha value is -3.66. The summed E-state index contributed by atoms with van der Waals surface area (Å²) in [5, 5.41) is 0.790. The molecule has 0 aliphatic rings. The Kier molecular flexibility index (Phi) is 5.99. The van der Waals surface area contributed by atoms with E-state index in [1.807, 2.05) is 86.6 Å². The molecule has 0 amide bonds. The van der Waals surface area contributed by atoms with Gasteiger partial charge in [0.2, 0.25) is 0 Å². The van der Waals surface area contributed by atoms with Gasteiger partial charge in [-0.1, -0.05) is 72.8 Å². The van der Waals surface area contributed by atoms with Gasteiger partial charge in [0.1, 0.15) is 12.2 Å². The van der Waals surface area contributed by atoms with Crippen LogP contribution in [0.3, 0.4) is 0 Å². The normalized spacial score (nSPS) is 11.1. The van der Waals surface area contributed by atoms with Crippen LogP contribution >= 0.6 is 0 Å². The zero-order valence-electron chi connectivity index (χ0n) is 17.6. The third-order valence-corrected chi connectivity index (χ3v) is 5.68. The SMILES string of the molecule is Cc1ccc2c(COC(=O)CC(c3ccccc3)c3ccccc3)cc(=O)oc2c1C. The maximum Gasteiger partial charge on any atom is 0.336 e. The van der Waals surface area contributed by atoms with Gasteiger partial charge in [0.15, 0.2) is 0 Å². The van der Waals surface area contributed by atoms with Crippen LogP contribution in [0.2, 0.25) is 0 Å². The van der Waals surface area contributed by atoms with Crippen molar-refractivity contribution in [3.05, 3.63) is 117 Å². The van der Waals surface area contributed by atoms with E-state index in [0.29, 0.717) is 11.1 Å². The van der Waals surface area contributed by atoms with Gasteiger partial charge in [0, 0.05) is 22.9 Å². The molecule has 0 aliphatic carbocycles. The Bertz CT molecular complexity index is 1220. The summed E-state index contributed by atoms with van der Waals surface area (Å²) in [7, 11) is 0. The van der Waals surface area contributed by atoms with E-state index in [1.54, 1.807) is 0 Å². The zero-order chi connectivity index (χ0) is 21.8. The monoisotopic (exact) mass is 412 g/mol. The van der Waals surface area contributed by atoms with Crippen molar-refractivity contribution in [2.75, 3.05) is 0 Å². The molecule has 4 nitrogen and oxygen atoms in total. The lowest BCUT2D eigenvalue weighted by Crippen LogP contribution is -2.13. The van der Waals surface area contributed by atoms with Gasteiger partial charge in [0.25, 0.3) is 0 Å². The van der Waals surface area contributed by atoms with Crippen molar-refractivity contribution in [3.8, 4) is 0 Å². The second-order valence-electron chi connectivity index (χ2n) is 7.71. The quantitative estimate of drug-likeness (QED) is 0.302. The molecular weight excluding hydrogens is 388 g/mol. The van der Waals surface area contributed by atoms with Crippen LogP contribution in [-0.4, -0.2) is 5.97 Å². The molecule has 0 N–H and O–H groups in total. The van der Waals surface area contributed by atoms with Gasteiger partial charge in [-0.15, -0.1) is 0 Å². The summed E-state index contributed by atoms with van der Waals surface area (Å²) in [6.45, 7) is 3.91. The Labute approximate surface area is 181 Å². The van der Waals surface area contributed by atoms with E-state index in [2.05, 4.69) is 0 Å². The number of fused-ring (bicyclic) bond motifs is 1. The third kappa shape index (κ3) is 4.58. The van der Waals surface area contributed by atoms with Crippen LogP contribution in [0.25, 0.3) is 11.0 Å². The number of hydrogen-bond donors (Lipinski definition) is 0. The lowest BCUT2D eigenvalue weighted by atomic mass is 9.88. The predicted octanol–water partition coefficient (Wildman–Crippen LogP) is 5.68. The minimum atomic E-state index is -0.446. The highest BCUT2D eigenvalue weighted by Gasteiger charge is 2.19. The Morgan fingerprint density at radius 2 is 1.52 bits per heavy atom. The van der Waals surface area contributed by atoms with Crippen LogP contribution in [0.15, 0.2) is 88.1 Å². The molecular formula is C27H24O4. The van der Waals surface area contributed by atoms with Crippen molar-refractivity contribution in [2.45, 2.75) is 32.8 Å². The van der Waals surface area contributed by atoms with Crippen LogP contribution in [-0.2, 0) is 16.1 Å². The first-order chi connectivity index (χ1) is 15.0. The smallest absolute Gasteiger partial charge is 0.336 e. The summed E-state index contributed by atoms with van der Waals surface area (Å²) < 4.78 is 11.0. The molecule has 0 saturated carbocycles. The minimum Gasteiger partial charge on any atom is -0.461 e. The van der Waals surface area contributed by atoms with Crippen LogP contribution < -0.4 is 5.63 Å². The highest BCUT2D eigenvalue weighted by atomic mass is 16.5. The summed E-state index contributed by atoms with van der Waals surface area (Å²) in [6, 6.07) is 25.1. The van der Waals surface area contributed by atoms with Crippen molar-refractivity contribution in [2.24, 2.45) is 0 Å². The number of carbonyl (C=O) groups excluding carboxylic acids is 1. The van der Waals surface area contributed by atoms with E-state index in [1.165, 1.54) is 6.07 Å². The number of carbonyl (C=O) groups is 1. The number of rotatable bonds is 6. The first-order valence-corrected chi connectivity index (χ1v) is 10.3. The van der Waals surface area contributed by atoms with Gasteiger partial charge in [-0.05, 0) is 36.1 Å². The van der Waals surface area contributed by atoms with E-state index in [-0.39, 0.29) is 24.9 Å². The van der Waals surface area contributed by atoms with Crippen molar-refractivity contribution in [3.63, 3.8) is 0 Å². The second kappa shape index (κ2) is 9.00. The maximum atomic E-state index is 12.8. The Morgan fingerprint density at radius 1 is 0.903 bits per heavy atom. The first kappa shape index (κ1) is 20.6. The largest absolute Gasteiger partial charge is 0.461 e. The van der Waals surface area contributed by atoms with E-state index in [0.717, 1.165) is 27.6 Å². The van der Waals surface area contributed by atoms with E-state index < -0.39 is 5.63 Å². The van der Waals surface area contributed by atoms with Crippen LogP contribution in [0, 0.1) is 13.8 Å². The molecule has 4 heteroatoms. The van der Waals surface area contributed by atoms with Gasteiger partial charge in [-0.3, -0.25) is 4.79 Å². The summed E-state index contributed by atoms with van der Waals surface area (Å²) in [5.41, 5.74) is 4.82. The lowest BCUT2D eigenvalue weighted by Gasteiger charge is -2.17. The predicted molar refractivity (Wildman–Crippen MR) is 121 cm³/mol. The highest BCUT2D eigenvalue weighted by molar-refractivity contribution is 5.84. The number of esters is 1. The summed E-state index contributed by atoms with van der Waals surface area (Å²) in [5.74, 6) is -0.416. The number of benzene rings is 3. The standard InChI is InChI=1S/C27H24O4/c1-18-13-14-23-22(15-26(29)31-27(23)19(18)2)17-30-25(28)16-24(20-9-5-3-6-10-20)21-11-7-4-8-12-21/h3-15,24H,16-17H2,1-2H3. The van der Waals surface area contributed by atoms with Gasteiger partial charge in [-0.25, -0.2) is 4.79 Å². The molecule has 4 aromatic rings. The van der Waals surface area contributed by atoms with Gasteiger partial charge in [0.05, 0.1) is 6.42 Å². The minimum absolute atomic E-state index is 0.0275.